The van der Waals surface area contributed by atoms with E-state index in [-0.39, 0.29) is 5.69 Å². The van der Waals surface area contributed by atoms with Gasteiger partial charge < -0.3 is 5.73 Å². The van der Waals surface area contributed by atoms with Crippen molar-refractivity contribution >= 4 is 5.69 Å². The second-order valence-corrected chi connectivity index (χ2v) is 4.32. The molecule has 3 rings (SSSR count). The van der Waals surface area contributed by atoms with Gasteiger partial charge in [0.15, 0.2) is 5.82 Å². The number of tetrazole rings is 1. The number of H-pyrrole nitrogens is 1. The van der Waals surface area contributed by atoms with E-state index in [0.717, 1.165) is 0 Å². The number of aromatic nitrogens is 5. The van der Waals surface area contributed by atoms with E-state index in [9.17, 15) is 8.78 Å². The van der Waals surface area contributed by atoms with Crippen molar-refractivity contribution in [2.45, 2.75) is 6.43 Å². The fourth-order valence-electron chi connectivity index (χ4n) is 2.02. The Kier molecular flexibility index (Phi) is 3.27. The highest BCUT2D eigenvalue weighted by atomic mass is 19.3. The number of benzene rings is 1. The van der Waals surface area contributed by atoms with Crippen molar-refractivity contribution in [3.63, 3.8) is 0 Å². The lowest BCUT2D eigenvalue weighted by Crippen LogP contribution is -1.94. The van der Waals surface area contributed by atoms with Crippen molar-refractivity contribution in [3.05, 3.63) is 42.2 Å². The molecule has 0 fully saturated rings. The van der Waals surface area contributed by atoms with E-state index in [0.29, 0.717) is 28.2 Å². The van der Waals surface area contributed by atoms with Crippen LogP contribution >= 0.6 is 0 Å². The molecule has 3 N–H and O–H groups in total. The first-order chi connectivity index (χ1) is 10.1. The Morgan fingerprint density at radius 2 is 1.95 bits per heavy atom. The van der Waals surface area contributed by atoms with E-state index in [2.05, 4.69) is 25.6 Å². The van der Waals surface area contributed by atoms with Gasteiger partial charge in [-0.1, -0.05) is 6.07 Å². The van der Waals surface area contributed by atoms with Crippen molar-refractivity contribution in [2.75, 3.05) is 5.73 Å². The molecule has 1 aromatic carbocycles. The van der Waals surface area contributed by atoms with Crippen LogP contribution in [-0.2, 0) is 0 Å². The average molecular weight is 288 g/mol. The number of alkyl halides is 2. The number of nitrogens with zero attached hydrogens (tertiary/aromatic N) is 4. The van der Waals surface area contributed by atoms with Crippen molar-refractivity contribution < 1.29 is 8.78 Å². The molecule has 0 aliphatic heterocycles. The fraction of sp³-hybridized carbons (Fsp3) is 0.0769. The predicted molar refractivity (Wildman–Crippen MR) is 72.2 cm³/mol. The summed E-state index contributed by atoms with van der Waals surface area (Å²) in [5.41, 5.74) is 7.92. The first-order valence-electron chi connectivity index (χ1n) is 6.03. The minimum absolute atomic E-state index is 0.286. The van der Waals surface area contributed by atoms with Gasteiger partial charge in [-0.2, -0.15) is 0 Å². The highest BCUT2D eigenvalue weighted by Gasteiger charge is 2.14. The van der Waals surface area contributed by atoms with Crippen LogP contribution in [0.15, 0.2) is 36.5 Å². The topological polar surface area (TPSA) is 93.4 Å². The summed E-state index contributed by atoms with van der Waals surface area (Å²) in [5, 5.41) is 13.5. The maximum atomic E-state index is 12.8. The summed E-state index contributed by atoms with van der Waals surface area (Å²) in [6.07, 6.45) is -1.29. The third-order valence-electron chi connectivity index (χ3n) is 2.96. The number of nitrogens with two attached hydrogens (primary N) is 1. The summed E-state index contributed by atoms with van der Waals surface area (Å²) < 4.78 is 25.6. The molecule has 0 saturated heterocycles. The minimum Gasteiger partial charge on any atom is -0.399 e. The highest BCUT2D eigenvalue weighted by Crippen LogP contribution is 2.32. The van der Waals surface area contributed by atoms with E-state index in [1.807, 2.05) is 0 Å². The predicted octanol–water partition coefficient (Wildman–Crippen LogP) is 2.45. The van der Waals surface area contributed by atoms with Crippen LogP contribution in [0.4, 0.5) is 14.5 Å². The Bertz CT molecular complexity index is 757. The molecule has 6 nitrogen and oxygen atoms in total. The fourth-order valence-corrected chi connectivity index (χ4v) is 2.02. The third-order valence-corrected chi connectivity index (χ3v) is 2.96. The molecule has 0 aliphatic carbocycles. The van der Waals surface area contributed by atoms with Crippen LogP contribution in [0.5, 0.6) is 0 Å². The number of halogens is 2. The normalized spacial score (nSPS) is 11.0. The summed E-state index contributed by atoms with van der Waals surface area (Å²) in [5.74, 6) is 0.410. The van der Waals surface area contributed by atoms with Crippen molar-refractivity contribution in [3.8, 4) is 22.5 Å². The first kappa shape index (κ1) is 13.1. The number of hydrogen-bond acceptors (Lipinski definition) is 5. The van der Waals surface area contributed by atoms with E-state index < -0.39 is 6.43 Å². The van der Waals surface area contributed by atoms with Gasteiger partial charge in [0.25, 0.3) is 6.43 Å². The number of pyridine rings is 1. The zero-order chi connectivity index (χ0) is 14.8. The number of nitrogens with one attached hydrogen (secondary N) is 1. The van der Waals surface area contributed by atoms with Crippen molar-refractivity contribution in [2.24, 2.45) is 0 Å². The lowest BCUT2D eigenvalue weighted by molar-refractivity contribution is 0.146. The van der Waals surface area contributed by atoms with Gasteiger partial charge in [-0.05, 0) is 45.8 Å². The summed E-state index contributed by atoms with van der Waals surface area (Å²) >= 11 is 0. The van der Waals surface area contributed by atoms with Gasteiger partial charge in [0.2, 0.25) is 0 Å². The van der Waals surface area contributed by atoms with Crippen molar-refractivity contribution in [1.29, 1.82) is 0 Å². The Morgan fingerprint density at radius 3 is 2.67 bits per heavy atom. The molecule has 0 amide bonds. The molecule has 21 heavy (non-hydrogen) atoms. The maximum absolute atomic E-state index is 12.8. The first-order valence-corrected chi connectivity index (χ1v) is 6.03. The molecule has 0 spiro atoms. The molecule has 0 aliphatic rings. The van der Waals surface area contributed by atoms with Crippen LogP contribution in [0.3, 0.4) is 0 Å². The Labute approximate surface area is 118 Å². The van der Waals surface area contributed by atoms with E-state index >= 15 is 0 Å². The smallest absolute Gasteiger partial charge is 0.280 e. The van der Waals surface area contributed by atoms with Crippen LogP contribution < -0.4 is 5.73 Å². The minimum atomic E-state index is -2.63. The molecule has 106 valence electrons. The third kappa shape index (κ3) is 2.55. The summed E-state index contributed by atoms with van der Waals surface area (Å²) in [4.78, 5) is 3.65. The number of anilines is 1. The number of nitrogen functional groups attached to an aromatic ring is 1. The lowest BCUT2D eigenvalue weighted by atomic mass is 9.99. The van der Waals surface area contributed by atoms with Crippen LogP contribution in [0.1, 0.15) is 12.1 Å². The van der Waals surface area contributed by atoms with Gasteiger partial charge in [-0.25, -0.2) is 13.9 Å². The van der Waals surface area contributed by atoms with Crippen LogP contribution in [0.25, 0.3) is 22.5 Å². The molecular formula is C13H10F2N6. The summed E-state index contributed by atoms with van der Waals surface area (Å²) in [7, 11) is 0. The van der Waals surface area contributed by atoms with Gasteiger partial charge in [0.1, 0.15) is 5.69 Å². The van der Waals surface area contributed by atoms with Crippen LogP contribution in [-0.4, -0.2) is 25.6 Å². The molecule has 0 bridgehead atoms. The lowest BCUT2D eigenvalue weighted by Gasteiger charge is -2.09. The van der Waals surface area contributed by atoms with Gasteiger partial charge >= 0.3 is 0 Å². The number of rotatable bonds is 3. The van der Waals surface area contributed by atoms with E-state index in [1.165, 1.54) is 12.3 Å². The van der Waals surface area contributed by atoms with Crippen molar-refractivity contribution in [1.82, 2.24) is 25.6 Å². The second-order valence-electron chi connectivity index (χ2n) is 4.32. The Morgan fingerprint density at radius 1 is 1.10 bits per heavy atom. The largest absolute Gasteiger partial charge is 0.399 e. The Balaban J connectivity index is 2.17. The van der Waals surface area contributed by atoms with Gasteiger partial charge in [-0.3, -0.25) is 4.98 Å². The van der Waals surface area contributed by atoms with Gasteiger partial charge in [0.05, 0.1) is 0 Å². The molecule has 3 aromatic rings. The molecule has 0 atom stereocenters. The molecule has 8 heteroatoms. The maximum Gasteiger partial charge on any atom is 0.280 e. The molecule has 2 heterocycles. The summed E-state index contributed by atoms with van der Waals surface area (Å²) in [6, 6.07) is 8.08. The van der Waals surface area contributed by atoms with E-state index in [4.69, 9.17) is 5.73 Å². The van der Waals surface area contributed by atoms with Crippen LogP contribution in [0, 0.1) is 0 Å². The molecule has 0 saturated carbocycles. The Hall–Kier alpha value is -2.90. The monoisotopic (exact) mass is 288 g/mol. The highest BCUT2D eigenvalue weighted by molar-refractivity contribution is 5.82. The zero-order valence-corrected chi connectivity index (χ0v) is 10.7. The quantitative estimate of drug-likeness (QED) is 0.722. The van der Waals surface area contributed by atoms with Crippen LogP contribution in [0.2, 0.25) is 0 Å². The molecular weight excluding hydrogens is 278 g/mol. The summed E-state index contributed by atoms with van der Waals surface area (Å²) in [6.45, 7) is 0. The zero-order valence-electron chi connectivity index (χ0n) is 10.7. The molecule has 0 unspecified atom stereocenters. The number of aromatic amines is 1. The number of hydrogen-bond donors (Lipinski definition) is 2. The molecule has 0 radical (unpaired) electrons. The average Bonchev–Trinajstić information content (AvgIpc) is 3.01. The molecule has 2 aromatic heterocycles. The van der Waals surface area contributed by atoms with Gasteiger partial charge in [-0.15, -0.1) is 5.10 Å². The SMILES string of the molecule is Nc1ccc(-c2ccnc(C(F)F)c2)c(-c2nnn[nH]2)c1. The van der Waals surface area contributed by atoms with E-state index in [1.54, 1.807) is 24.3 Å². The standard InChI is InChI=1S/C13H10F2N6/c14-12(15)11-5-7(3-4-17-11)9-2-1-8(16)6-10(9)13-18-20-21-19-13/h1-6,12H,16H2,(H,18,19,20,21). The van der Waals surface area contributed by atoms with Gasteiger partial charge in [0, 0.05) is 17.4 Å². The second kappa shape index (κ2) is 5.23.